The van der Waals surface area contributed by atoms with Gasteiger partial charge in [-0.1, -0.05) is 12.1 Å². The molecule has 1 aromatic heterocycles. The third-order valence-corrected chi connectivity index (χ3v) is 5.01. The molecule has 1 aliphatic heterocycles. The normalized spacial score (nSPS) is 17.4. The number of methoxy groups -OCH3 is 2. The minimum Gasteiger partial charge on any atom is -0.493 e. The Kier molecular flexibility index (Phi) is 4.71. The van der Waals surface area contributed by atoms with Crippen molar-refractivity contribution in [3.8, 4) is 11.5 Å². The van der Waals surface area contributed by atoms with Crippen molar-refractivity contribution in [2.75, 3.05) is 20.0 Å². The highest BCUT2D eigenvalue weighted by molar-refractivity contribution is 8.00. The molecule has 2 heterocycles. The Morgan fingerprint density at radius 3 is 2.70 bits per heavy atom. The average molecular weight is 330 g/mol. The van der Waals surface area contributed by atoms with E-state index in [0.29, 0.717) is 23.8 Å². The number of pyridine rings is 1. The molecule has 3 rings (SSSR count). The van der Waals surface area contributed by atoms with Crippen LogP contribution >= 0.6 is 11.8 Å². The molecule has 0 N–H and O–H groups in total. The van der Waals surface area contributed by atoms with Crippen LogP contribution in [0.25, 0.3) is 0 Å². The van der Waals surface area contributed by atoms with Crippen LogP contribution in [0.3, 0.4) is 0 Å². The number of carbonyl (C=O) groups is 1. The van der Waals surface area contributed by atoms with Gasteiger partial charge in [0.1, 0.15) is 5.37 Å². The van der Waals surface area contributed by atoms with Crippen LogP contribution in [0.15, 0.2) is 42.7 Å². The van der Waals surface area contributed by atoms with Gasteiger partial charge in [0.15, 0.2) is 11.5 Å². The molecule has 23 heavy (non-hydrogen) atoms. The van der Waals surface area contributed by atoms with Gasteiger partial charge in [-0.25, -0.2) is 0 Å². The lowest BCUT2D eigenvalue weighted by Gasteiger charge is -2.26. The largest absolute Gasteiger partial charge is 0.493 e. The molecule has 1 amide bonds. The quantitative estimate of drug-likeness (QED) is 0.844. The van der Waals surface area contributed by atoms with Crippen LogP contribution in [0, 0.1) is 0 Å². The van der Waals surface area contributed by atoms with E-state index < -0.39 is 0 Å². The number of thioether (sulfide) groups is 1. The lowest BCUT2D eigenvalue weighted by Crippen LogP contribution is -2.27. The highest BCUT2D eigenvalue weighted by Gasteiger charge is 2.35. The van der Waals surface area contributed by atoms with Crippen LogP contribution in [0.5, 0.6) is 11.5 Å². The number of aromatic nitrogens is 1. The summed E-state index contributed by atoms with van der Waals surface area (Å²) in [6.45, 7) is 0.555. The molecular formula is C17H18N2O3S. The summed E-state index contributed by atoms with van der Waals surface area (Å²) in [6.07, 6.45) is 3.48. The van der Waals surface area contributed by atoms with E-state index in [0.717, 1.165) is 11.1 Å². The average Bonchev–Trinajstić information content (AvgIpc) is 2.95. The zero-order valence-corrected chi connectivity index (χ0v) is 13.9. The van der Waals surface area contributed by atoms with Crippen molar-refractivity contribution >= 4 is 17.7 Å². The van der Waals surface area contributed by atoms with E-state index in [-0.39, 0.29) is 11.3 Å². The summed E-state index contributed by atoms with van der Waals surface area (Å²) in [5, 5.41) is -0.0827. The molecule has 5 nitrogen and oxygen atoms in total. The number of nitrogens with zero attached hydrogens (tertiary/aromatic N) is 2. The summed E-state index contributed by atoms with van der Waals surface area (Å²) < 4.78 is 10.9. The van der Waals surface area contributed by atoms with E-state index in [2.05, 4.69) is 4.98 Å². The van der Waals surface area contributed by atoms with Gasteiger partial charge in [0.25, 0.3) is 0 Å². The van der Waals surface area contributed by atoms with Crippen LogP contribution < -0.4 is 9.47 Å². The Hall–Kier alpha value is -2.21. The van der Waals surface area contributed by atoms with Crippen LogP contribution in [-0.2, 0) is 11.3 Å². The van der Waals surface area contributed by atoms with E-state index >= 15 is 0 Å². The van der Waals surface area contributed by atoms with Crippen molar-refractivity contribution < 1.29 is 14.3 Å². The molecule has 0 saturated carbocycles. The Balaban J connectivity index is 1.93. The Bertz CT molecular complexity index is 693. The lowest BCUT2D eigenvalue weighted by molar-refractivity contribution is -0.128. The van der Waals surface area contributed by atoms with Gasteiger partial charge < -0.3 is 14.4 Å². The second-order valence-corrected chi connectivity index (χ2v) is 6.19. The van der Waals surface area contributed by atoms with Gasteiger partial charge in [0.2, 0.25) is 5.91 Å². The molecule has 2 aromatic rings. The summed E-state index contributed by atoms with van der Waals surface area (Å²) >= 11 is 1.60. The number of para-hydroxylation sites is 1. The number of hydrogen-bond acceptors (Lipinski definition) is 5. The van der Waals surface area contributed by atoms with Crippen LogP contribution in [0.4, 0.5) is 0 Å². The number of amides is 1. The minimum atomic E-state index is -0.0827. The minimum absolute atomic E-state index is 0.0827. The number of hydrogen-bond donors (Lipinski definition) is 0. The van der Waals surface area contributed by atoms with Crippen molar-refractivity contribution in [2.45, 2.75) is 11.9 Å². The maximum Gasteiger partial charge on any atom is 0.234 e. The first-order valence-electron chi connectivity index (χ1n) is 7.25. The van der Waals surface area contributed by atoms with Gasteiger partial charge in [0, 0.05) is 24.5 Å². The van der Waals surface area contributed by atoms with Crippen molar-refractivity contribution in [2.24, 2.45) is 0 Å². The van der Waals surface area contributed by atoms with E-state index in [9.17, 15) is 4.79 Å². The summed E-state index contributed by atoms with van der Waals surface area (Å²) in [7, 11) is 3.24. The molecule has 1 saturated heterocycles. The Morgan fingerprint density at radius 1 is 1.22 bits per heavy atom. The highest BCUT2D eigenvalue weighted by Crippen LogP contribution is 2.45. The van der Waals surface area contributed by atoms with Crippen molar-refractivity contribution in [3.63, 3.8) is 0 Å². The number of benzene rings is 1. The Morgan fingerprint density at radius 2 is 2.00 bits per heavy atom. The molecule has 1 unspecified atom stereocenters. The van der Waals surface area contributed by atoms with Crippen LogP contribution in [0.1, 0.15) is 16.5 Å². The molecule has 120 valence electrons. The maximum atomic E-state index is 12.3. The van der Waals surface area contributed by atoms with Gasteiger partial charge in [-0.05, 0) is 23.8 Å². The second-order valence-electron chi connectivity index (χ2n) is 5.12. The molecule has 0 bridgehead atoms. The van der Waals surface area contributed by atoms with Crippen molar-refractivity contribution in [1.29, 1.82) is 0 Å². The molecule has 1 aromatic carbocycles. The molecule has 1 fully saturated rings. The topological polar surface area (TPSA) is 51.7 Å². The monoisotopic (exact) mass is 330 g/mol. The predicted molar refractivity (Wildman–Crippen MR) is 89.5 cm³/mol. The molecule has 0 radical (unpaired) electrons. The van der Waals surface area contributed by atoms with Gasteiger partial charge in [-0.3, -0.25) is 9.78 Å². The molecular weight excluding hydrogens is 312 g/mol. The van der Waals surface area contributed by atoms with Crippen LogP contribution in [0.2, 0.25) is 0 Å². The first kappa shape index (κ1) is 15.7. The van der Waals surface area contributed by atoms with Gasteiger partial charge >= 0.3 is 0 Å². The molecule has 0 aliphatic carbocycles. The molecule has 0 spiro atoms. The van der Waals surface area contributed by atoms with Crippen molar-refractivity contribution in [3.05, 3.63) is 53.9 Å². The van der Waals surface area contributed by atoms with Gasteiger partial charge in [-0.2, -0.15) is 0 Å². The first-order valence-corrected chi connectivity index (χ1v) is 8.30. The number of ether oxygens (including phenoxy) is 2. The zero-order chi connectivity index (χ0) is 16.2. The predicted octanol–water partition coefficient (Wildman–Crippen LogP) is 2.87. The highest BCUT2D eigenvalue weighted by atomic mass is 32.2. The second kappa shape index (κ2) is 6.91. The third kappa shape index (κ3) is 3.12. The first-order chi connectivity index (χ1) is 11.2. The smallest absolute Gasteiger partial charge is 0.234 e. The van der Waals surface area contributed by atoms with E-state index in [1.807, 2.05) is 35.2 Å². The van der Waals surface area contributed by atoms with E-state index in [4.69, 9.17) is 9.47 Å². The molecule has 1 aliphatic rings. The zero-order valence-electron chi connectivity index (χ0n) is 13.1. The van der Waals surface area contributed by atoms with E-state index in [1.165, 1.54) is 0 Å². The van der Waals surface area contributed by atoms with Crippen LogP contribution in [-0.4, -0.2) is 35.8 Å². The SMILES string of the molecule is COc1cccc(C2SCC(=O)N2Cc2ccncc2)c1OC. The molecule has 6 heteroatoms. The summed E-state index contributed by atoms with van der Waals surface area (Å²) in [5.41, 5.74) is 2.01. The lowest BCUT2D eigenvalue weighted by atomic mass is 10.1. The maximum absolute atomic E-state index is 12.3. The third-order valence-electron chi connectivity index (χ3n) is 3.77. The fourth-order valence-electron chi connectivity index (χ4n) is 2.67. The molecule has 1 atom stereocenters. The standard InChI is InChI=1S/C17H18N2O3S/c1-21-14-5-3-4-13(16(14)22-2)17-19(15(20)11-23-17)10-12-6-8-18-9-7-12/h3-9,17H,10-11H2,1-2H3. The van der Waals surface area contributed by atoms with Gasteiger partial charge in [-0.15, -0.1) is 11.8 Å². The fraction of sp³-hybridized carbons (Fsp3) is 0.294. The summed E-state index contributed by atoms with van der Waals surface area (Å²) in [5.74, 6) is 1.95. The fourth-order valence-corrected chi connectivity index (χ4v) is 3.88. The number of carbonyl (C=O) groups excluding carboxylic acids is 1. The number of rotatable bonds is 5. The Labute approximate surface area is 139 Å². The van der Waals surface area contributed by atoms with E-state index in [1.54, 1.807) is 38.4 Å². The van der Waals surface area contributed by atoms with Gasteiger partial charge in [0.05, 0.1) is 20.0 Å². The van der Waals surface area contributed by atoms with Crippen molar-refractivity contribution in [1.82, 2.24) is 9.88 Å². The summed E-state index contributed by atoms with van der Waals surface area (Å²) in [4.78, 5) is 18.2. The summed E-state index contributed by atoms with van der Waals surface area (Å²) in [6, 6.07) is 9.62.